The van der Waals surface area contributed by atoms with E-state index in [9.17, 15) is 8.78 Å². The lowest BCUT2D eigenvalue weighted by Crippen LogP contribution is -2.22. The first-order valence-electron chi connectivity index (χ1n) is 6.79. The molecule has 0 aliphatic heterocycles. The van der Waals surface area contributed by atoms with Crippen LogP contribution in [0.1, 0.15) is 18.3 Å². The molecule has 1 unspecified atom stereocenters. The molecule has 0 saturated heterocycles. The Hall–Kier alpha value is -1.95. The van der Waals surface area contributed by atoms with Gasteiger partial charge >= 0.3 is 0 Å². The molecular formula is C15H20F2N4. The van der Waals surface area contributed by atoms with Gasteiger partial charge in [0.15, 0.2) is 0 Å². The number of rotatable bonds is 5. The summed E-state index contributed by atoms with van der Waals surface area (Å²) in [6, 6.07) is 2.55. The van der Waals surface area contributed by atoms with Crippen molar-refractivity contribution >= 4 is 5.69 Å². The maximum Gasteiger partial charge on any atom is 0.149 e. The second-order valence-electron chi connectivity index (χ2n) is 5.40. The lowest BCUT2D eigenvalue weighted by Gasteiger charge is -2.21. The van der Waals surface area contributed by atoms with Crippen LogP contribution in [-0.4, -0.2) is 22.6 Å². The number of aryl methyl sites for hydroxylation is 1. The van der Waals surface area contributed by atoms with Gasteiger partial charge in [0.2, 0.25) is 0 Å². The van der Waals surface area contributed by atoms with Crippen molar-refractivity contribution in [1.29, 1.82) is 0 Å². The Balaban J connectivity index is 2.25. The predicted molar refractivity (Wildman–Crippen MR) is 79.0 cm³/mol. The first kappa shape index (κ1) is 15.4. The summed E-state index contributed by atoms with van der Waals surface area (Å²) in [4.78, 5) is 5.67. The van der Waals surface area contributed by atoms with Crippen LogP contribution in [0.2, 0.25) is 0 Å². The van der Waals surface area contributed by atoms with Gasteiger partial charge in [-0.1, -0.05) is 0 Å². The minimum absolute atomic E-state index is 0.0496. The Bertz CT molecular complexity index is 599. The van der Waals surface area contributed by atoms with Crippen molar-refractivity contribution < 1.29 is 8.78 Å². The molecule has 1 atom stereocenters. The monoisotopic (exact) mass is 294 g/mol. The number of anilines is 1. The van der Waals surface area contributed by atoms with Crippen LogP contribution in [0.3, 0.4) is 0 Å². The van der Waals surface area contributed by atoms with Gasteiger partial charge in [0.05, 0.1) is 6.54 Å². The fourth-order valence-corrected chi connectivity index (χ4v) is 2.31. The Morgan fingerprint density at radius 2 is 1.95 bits per heavy atom. The molecule has 2 aromatic rings. The van der Waals surface area contributed by atoms with Crippen molar-refractivity contribution in [3.8, 4) is 0 Å². The molecule has 0 bridgehead atoms. The summed E-state index contributed by atoms with van der Waals surface area (Å²) in [6.07, 6.45) is 3.89. The number of nitrogens with zero attached hydrogens (tertiary/aromatic N) is 3. The lowest BCUT2D eigenvalue weighted by molar-refractivity contribution is 0.568. The molecule has 0 radical (unpaired) electrons. The van der Waals surface area contributed by atoms with Crippen LogP contribution in [0.4, 0.5) is 14.5 Å². The van der Waals surface area contributed by atoms with E-state index in [0.29, 0.717) is 18.5 Å². The summed E-state index contributed by atoms with van der Waals surface area (Å²) in [5, 5.41) is 0. The van der Waals surface area contributed by atoms with Gasteiger partial charge in [-0.25, -0.2) is 13.8 Å². The van der Waals surface area contributed by atoms with Gasteiger partial charge in [-0.15, -0.1) is 0 Å². The van der Waals surface area contributed by atoms with E-state index in [2.05, 4.69) is 4.98 Å². The number of nitrogens with two attached hydrogens (primary N) is 1. The maximum atomic E-state index is 14.2. The Morgan fingerprint density at radius 1 is 1.33 bits per heavy atom. The minimum atomic E-state index is -0.581. The van der Waals surface area contributed by atoms with Gasteiger partial charge in [0.25, 0.3) is 0 Å². The van der Waals surface area contributed by atoms with Crippen molar-refractivity contribution in [2.45, 2.75) is 25.9 Å². The number of hydrogen-bond acceptors (Lipinski definition) is 3. The fourth-order valence-electron chi connectivity index (χ4n) is 2.31. The van der Waals surface area contributed by atoms with Crippen LogP contribution in [0.15, 0.2) is 24.5 Å². The van der Waals surface area contributed by atoms with E-state index in [0.717, 1.165) is 5.82 Å². The molecule has 0 aliphatic carbocycles. The van der Waals surface area contributed by atoms with Gasteiger partial charge in [0, 0.05) is 32.5 Å². The lowest BCUT2D eigenvalue weighted by atomic mass is 10.1. The zero-order chi connectivity index (χ0) is 15.6. The maximum absolute atomic E-state index is 14.2. The van der Waals surface area contributed by atoms with E-state index < -0.39 is 11.6 Å². The normalized spacial score (nSPS) is 12.5. The largest absolute Gasteiger partial charge is 0.362 e. The molecule has 21 heavy (non-hydrogen) atoms. The number of aromatic nitrogens is 2. The van der Waals surface area contributed by atoms with Gasteiger partial charge in [-0.05, 0) is 31.0 Å². The highest BCUT2D eigenvalue weighted by Crippen LogP contribution is 2.25. The minimum Gasteiger partial charge on any atom is -0.362 e. The first-order chi connectivity index (χ1) is 9.88. The molecule has 0 aliphatic rings. The Labute approximate surface area is 123 Å². The van der Waals surface area contributed by atoms with Crippen LogP contribution in [0.25, 0.3) is 0 Å². The summed E-state index contributed by atoms with van der Waals surface area (Å²) in [7, 11) is 3.48. The smallest absolute Gasteiger partial charge is 0.149 e. The topological polar surface area (TPSA) is 47.1 Å². The summed E-state index contributed by atoms with van der Waals surface area (Å²) >= 11 is 0. The second kappa shape index (κ2) is 6.22. The number of imidazole rings is 1. The first-order valence-corrected chi connectivity index (χ1v) is 6.79. The SMILES string of the molecule is CC(N)Cc1cc(F)c(N(C)Cc2nccn2C)c(F)c1. The quantitative estimate of drug-likeness (QED) is 0.920. The zero-order valence-electron chi connectivity index (χ0n) is 12.5. The van der Waals surface area contributed by atoms with Crippen LogP contribution in [0, 0.1) is 11.6 Å². The molecular weight excluding hydrogens is 274 g/mol. The number of benzene rings is 1. The third-order valence-corrected chi connectivity index (χ3v) is 3.32. The molecule has 2 rings (SSSR count). The van der Waals surface area contributed by atoms with Crippen molar-refractivity contribution in [2.24, 2.45) is 12.8 Å². The van der Waals surface area contributed by atoms with E-state index in [4.69, 9.17) is 5.73 Å². The molecule has 0 amide bonds. The van der Waals surface area contributed by atoms with E-state index in [-0.39, 0.29) is 11.7 Å². The molecule has 0 fully saturated rings. The van der Waals surface area contributed by atoms with Crippen molar-refractivity contribution in [3.63, 3.8) is 0 Å². The molecule has 6 heteroatoms. The highest BCUT2D eigenvalue weighted by molar-refractivity contribution is 5.50. The van der Waals surface area contributed by atoms with Crippen LogP contribution in [0.5, 0.6) is 0 Å². The van der Waals surface area contributed by atoms with Crippen LogP contribution in [-0.2, 0) is 20.0 Å². The van der Waals surface area contributed by atoms with E-state index in [1.165, 1.54) is 17.0 Å². The van der Waals surface area contributed by atoms with Crippen LogP contribution >= 0.6 is 0 Å². The molecule has 0 spiro atoms. The predicted octanol–water partition coefficient (Wildman–Crippen LogP) is 2.22. The molecule has 114 valence electrons. The highest BCUT2D eigenvalue weighted by atomic mass is 19.1. The molecule has 0 saturated carbocycles. The average Bonchev–Trinajstić information content (AvgIpc) is 2.73. The standard InChI is InChI=1S/C15H20F2N4/c1-10(18)6-11-7-12(16)15(13(17)8-11)21(3)9-14-19-4-5-20(14)2/h4-5,7-8,10H,6,9,18H2,1-3H3. The Kier molecular flexibility index (Phi) is 4.57. The van der Waals surface area contributed by atoms with Gasteiger partial charge < -0.3 is 15.2 Å². The van der Waals surface area contributed by atoms with E-state index in [1.54, 1.807) is 26.4 Å². The second-order valence-corrected chi connectivity index (χ2v) is 5.40. The summed E-state index contributed by atoms with van der Waals surface area (Å²) in [6.45, 7) is 2.13. The fraction of sp³-hybridized carbons (Fsp3) is 0.400. The van der Waals surface area contributed by atoms with Crippen molar-refractivity contribution in [3.05, 3.63) is 47.5 Å². The molecule has 1 aromatic carbocycles. The van der Waals surface area contributed by atoms with Crippen molar-refractivity contribution in [1.82, 2.24) is 9.55 Å². The van der Waals surface area contributed by atoms with Gasteiger partial charge in [-0.2, -0.15) is 0 Å². The highest BCUT2D eigenvalue weighted by Gasteiger charge is 2.17. The summed E-state index contributed by atoms with van der Waals surface area (Å²) in [5.74, 6) is -0.430. The van der Waals surface area contributed by atoms with E-state index >= 15 is 0 Å². The summed E-state index contributed by atoms with van der Waals surface area (Å²) < 4.78 is 30.2. The van der Waals surface area contributed by atoms with Gasteiger partial charge in [-0.3, -0.25) is 0 Å². The zero-order valence-corrected chi connectivity index (χ0v) is 12.5. The number of halogens is 2. The number of hydrogen-bond donors (Lipinski definition) is 1. The van der Waals surface area contributed by atoms with Crippen LogP contribution < -0.4 is 10.6 Å². The third-order valence-electron chi connectivity index (χ3n) is 3.32. The van der Waals surface area contributed by atoms with Gasteiger partial charge in [0.1, 0.15) is 23.1 Å². The molecule has 1 heterocycles. The molecule has 1 aromatic heterocycles. The molecule has 4 nitrogen and oxygen atoms in total. The van der Waals surface area contributed by atoms with E-state index in [1.807, 2.05) is 11.6 Å². The average molecular weight is 294 g/mol. The third kappa shape index (κ3) is 3.58. The molecule has 2 N–H and O–H groups in total. The summed E-state index contributed by atoms with van der Waals surface area (Å²) in [5.41, 5.74) is 6.18. The Morgan fingerprint density at radius 3 is 2.43 bits per heavy atom. The van der Waals surface area contributed by atoms with Crippen molar-refractivity contribution in [2.75, 3.05) is 11.9 Å².